The summed E-state index contributed by atoms with van der Waals surface area (Å²) in [7, 11) is 0. The van der Waals surface area contributed by atoms with Crippen LogP contribution in [0.5, 0.6) is 5.75 Å². The maximum absolute atomic E-state index is 12.2. The number of ether oxygens (including phenoxy) is 1. The average molecular weight is 283 g/mol. The van der Waals surface area contributed by atoms with Crippen molar-refractivity contribution in [1.82, 2.24) is 5.32 Å². The maximum atomic E-state index is 12.2. The summed E-state index contributed by atoms with van der Waals surface area (Å²) >= 11 is 0. The van der Waals surface area contributed by atoms with Gasteiger partial charge in [-0.1, -0.05) is 12.1 Å². The number of hydrogen-bond acceptors (Lipinski definition) is 3. The first-order chi connectivity index (χ1) is 9.52. The van der Waals surface area contributed by atoms with Crippen molar-refractivity contribution < 1.29 is 18.6 Å². The molecule has 2 heterocycles. The molecule has 110 valence electrons. The lowest BCUT2D eigenvalue weighted by atomic mass is 9.82. The minimum Gasteiger partial charge on any atom is -0.435 e. The Balaban J connectivity index is 1.70. The van der Waals surface area contributed by atoms with E-state index in [2.05, 4.69) is 10.1 Å². The van der Waals surface area contributed by atoms with Gasteiger partial charge in [0.1, 0.15) is 5.75 Å². The number of benzene rings is 1. The van der Waals surface area contributed by atoms with E-state index in [1.165, 1.54) is 6.07 Å². The van der Waals surface area contributed by atoms with Crippen molar-refractivity contribution >= 4 is 0 Å². The van der Waals surface area contributed by atoms with E-state index in [0.29, 0.717) is 18.5 Å². The number of hydrogen-bond donors (Lipinski definition) is 2. The van der Waals surface area contributed by atoms with Crippen LogP contribution in [0.3, 0.4) is 0 Å². The molecule has 2 aliphatic heterocycles. The zero-order valence-corrected chi connectivity index (χ0v) is 11.2. The topological polar surface area (TPSA) is 41.5 Å². The van der Waals surface area contributed by atoms with Crippen molar-refractivity contribution in [1.29, 1.82) is 0 Å². The molecule has 2 atom stereocenters. The molecule has 2 bridgehead atoms. The first-order valence-corrected chi connectivity index (χ1v) is 7.05. The number of piperidine rings is 1. The van der Waals surface area contributed by atoms with E-state index in [0.717, 1.165) is 31.2 Å². The molecule has 1 aromatic carbocycles. The van der Waals surface area contributed by atoms with Crippen LogP contribution < -0.4 is 10.1 Å². The van der Waals surface area contributed by atoms with Crippen LogP contribution in [0.2, 0.25) is 0 Å². The molecule has 5 heteroatoms. The molecule has 1 aromatic rings. The summed E-state index contributed by atoms with van der Waals surface area (Å²) in [6, 6.07) is 7.41. The molecule has 0 saturated carbocycles. The zero-order chi connectivity index (χ0) is 14.2. The van der Waals surface area contributed by atoms with E-state index >= 15 is 0 Å². The summed E-state index contributed by atoms with van der Waals surface area (Å²) in [5.74, 6) is 0.151. The Morgan fingerprint density at radius 3 is 2.65 bits per heavy atom. The van der Waals surface area contributed by atoms with Crippen LogP contribution in [0.15, 0.2) is 24.3 Å². The van der Waals surface area contributed by atoms with Gasteiger partial charge in [0.05, 0.1) is 5.60 Å². The summed E-state index contributed by atoms with van der Waals surface area (Å²) in [6.45, 7) is -2.82. The highest BCUT2D eigenvalue weighted by molar-refractivity contribution is 5.30. The Hall–Kier alpha value is -1.20. The lowest BCUT2D eigenvalue weighted by molar-refractivity contribution is -0.0499. The fraction of sp³-hybridized carbons (Fsp3) is 0.600. The van der Waals surface area contributed by atoms with E-state index < -0.39 is 12.2 Å². The van der Waals surface area contributed by atoms with Crippen molar-refractivity contribution in [3.05, 3.63) is 29.8 Å². The zero-order valence-electron chi connectivity index (χ0n) is 11.2. The van der Waals surface area contributed by atoms with Gasteiger partial charge in [0, 0.05) is 18.5 Å². The maximum Gasteiger partial charge on any atom is 0.387 e. The van der Waals surface area contributed by atoms with Gasteiger partial charge in [0.15, 0.2) is 0 Å². The predicted octanol–water partition coefficient (Wildman–Crippen LogP) is 2.48. The van der Waals surface area contributed by atoms with Gasteiger partial charge in [-0.05, 0) is 43.4 Å². The van der Waals surface area contributed by atoms with Crippen molar-refractivity contribution in [3.8, 4) is 5.75 Å². The second-order valence-corrected chi connectivity index (χ2v) is 5.97. The number of aliphatic hydroxyl groups is 1. The molecule has 0 amide bonds. The van der Waals surface area contributed by atoms with Crippen molar-refractivity contribution in [2.75, 3.05) is 0 Å². The lowest BCUT2D eigenvalue weighted by Gasteiger charge is -2.37. The molecule has 0 radical (unpaired) electrons. The molecular formula is C15H19F2NO2. The van der Waals surface area contributed by atoms with Gasteiger partial charge in [-0.3, -0.25) is 0 Å². The number of rotatable bonds is 4. The van der Waals surface area contributed by atoms with Gasteiger partial charge in [-0.2, -0.15) is 8.78 Å². The highest BCUT2D eigenvalue weighted by Gasteiger charge is 2.42. The summed E-state index contributed by atoms with van der Waals surface area (Å²) in [5, 5.41) is 14.2. The molecule has 3 nitrogen and oxygen atoms in total. The summed E-state index contributed by atoms with van der Waals surface area (Å²) in [4.78, 5) is 0. The number of halogens is 2. The standard InChI is InChI=1S/C15H19F2NO2/c16-14(17)20-13-3-1-2-10(6-13)7-15(19)8-11-4-5-12(9-15)18-11/h1-3,6,11-12,14,18-19H,4-5,7-9H2. The molecule has 20 heavy (non-hydrogen) atoms. The van der Waals surface area contributed by atoms with Crippen LogP contribution in [0.25, 0.3) is 0 Å². The first kappa shape index (κ1) is 13.8. The van der Waals surface area contributed by atoms with Crippen LogP contribution in [-0.2, 0) is 6.42 Å². The van der Waals surface area contributed by atoms with E-state index in [9.17, 15) is 13.9 Å². The summed E-state index contributed by atoms with van der Waals surface area (Å²) in [6.07, 6.45) is 4.16. The van der Waals surface area contributed by atoms with Gasteiger partial charge >= 0.3 is 6.61 Å². The third-order valence-corrected chi connectivity index (χ3v) is 4.24. The quantitative estimate of drug-likeness (QED) is 0.892. The van der Waals surface area contributed by atoms with Gasteiger partial charge in [-0.25, -0.2) is 0 Å². The SMILES string of the molecule is OC1(Cc2cccc(OC(F)F)c2)CC2CCC(C1)N2. The van der Waals surface area contributed by atoms with Crippen LogP contribution >= 0.6 is 0 Å². The molecule has 2 N–H and O–H groups in total. The smallest absolute Gasteiger partial charge is 0.387 e. The van der Waals surface area contributed by atoms with Crippen molar-refractivity contribution in [2.45, 2.75) is 56.4 Å². The number of nitrogens with one attached hydrogen (secondary N) is 1. The van der Waals surface area contributed by atoms with E-state index in [-0.39, 0.29) is 5.75 Å². The third-order valence-electron chi connectivity index (χ3n) is 4.24. The Labute approximate surface area is 116 Å². The lowest BCUT2D eigenvalue weighted by Crippen LogP contribution is -2.49. The van der Waals surface area contributed by atoms with Crippen LogP contribution in [-0.4, -0.2) is 29.4 Å². The van der Waals surface area contributed by atoms with Gasteiger partial charge in [0.2, 0.25) is 0 Å². The first-order valence-electron chi connectivity index (χ1n) is 7.05. The Morgan fingerprint density at radius 1 is 1.30 bits per heavy atom. The Morgan fingerprint density at radius 2 is 2.00 bits per heavy atom. The van der Waals surface area contributed by atoms with E-state index in [4.69, 9.17) is 0 Å². The number of alkyl halides is 2. The van der Waals surface area contributed by atoms with Crippen LogP contribution in [0.1, 0.15) is 31.2 Å². The van der Waals surface area contributed by atoms with Crippen LogP contribution in [0, 0.1) is 0 Å². The normalized spacial score (nSPS) is 32.6. The number of fused-ring (bicyclic) bond motifs is 2. The fourth-order valence-corrected chi connectivity index (χ4v) is 3.58. The fourth-order valence-electron chi connectivity index (χ4n) is 3.58. The molecule has 0 aliphatic carbocycles. The summed E-state index contributed by atoms with van der Waals surface area (Å²) in [5.41, 5.74) is 0.104. The van der Waals surface area contributed by atoms with Crippen LogP contribution in [0.4, 0.5) is 8.78 Å². The van der Waals surface area contributed by atoms with Gasteiger partial charge in [0.25, 0.3) is 0 Å². The molecule has 0 aromatic heterocycles. The van der Waals surface area contributed by atoms with E-state index in [1.54, 1.807) is 12.1 Å². The molecule has 2 saturated heterocycles. The largest absolute Gasteiger partial charge is 0.435 e. The molecule has 2 fully saturated rings. The highest BCUT2D eigenvalue weighted by Crippen LogP contribution is 2.36. The predicted molar refractivity (Wildman–Crippen MR) is 70.9 cm³/mol. The second-order valence-electron chi connectivity index (χ2n) is 5.97. The molecular weight excluding hydrogens is 264 g/mol. The third kappa shape index (κ3) is 3.10. The molecule has 2 unspecified atom stereocenters. The Kier molecular flexibility index (Phi) is 3.65. The minimum atomic E-state index is -2.82. The van der Waals surface area contributed by atoms with Gasteiger partial charge < -0.3 is 15.2 Å². The monoisotopic (exact) mass is 283 g/mol. The second kappa shape index (κ2) is 5.30. The average Bonchev–Trinajstić information content (AvgIpc) is 2.68. The Bertz CT molecular complexity index is 469. The van der Waals surface area contributed by atoms with Gasteiger partial charge in [-0.15, -0.1) is 0 Å². The molecule has 3 rings (SSSR count). The van der Waals surface area contributed by atoms with Crippen molar-refractivity contribution in [2.24, 2.45) is 0 Å². The minimum absolute atomic E-state index is 0.151. The molecule has 0 spiro atoms. The van der Waals surface area contributed by atoms with Crippen molar-refractivity contribution in [3.63, 3.8) is 0 Å². The highest BCUT2D eigenvalue weighted by atomic mass is 19.3. The molecule has 2 aliphatic rings. The summed E-state index contributed by atoms with van der Waals surface area (Å²) < 4.78 is 28.8. The van der Waals surface area contributed by atoms with E-state index in [1.807, 2.05) is 6.07 Å².